The second-order valence-electron chi connectivity index (χ2n) is 3.76. The van der Waals surface area contributed by atoms with Gasteiger partial charge in [-0.15, -0.1) is 0 Å². The predicted molar refractivity (Wildman–Crippen MR) is 54.3 cm³/mol. The van der Waals surface area contributed by atoms with Gasteiger partial charge in [0, 0.05) is 5.56 Å². The molecule has 2 nitrogen and oxygen atoms in total. The highest BCUT2D eigenvalue weighted by Gasteiger charge is 2.39. The number of rotatable bonds is 2. The number of amides is 1. The Bertz CT molecular complexity index is 503. The quantitative estimate of drug-likeness (QED) is 0.832. The Morgan fingerprint density at radius 3 is 1.95 bits per heavy atom. The number of hydrogen-bond donors (Lipinski definition) is 1. The van der Waals surface area contributed by atoms with Gasteiger partial charge in [-0.2, -0.15) is 26.3 Å². The molecule has 19 heavy (non-hydrogen) atoms. The highest BCUT2D eigenvalue weighted by Crippen LogP contribution is 2.39. The molecular formula is C11H9F6NO. The number of carbonyl (C=O) groups is 1. The monoisotopic (exact) mass is 285 g/mol. The molecule has 0 bridgehead atoms. The van der Waals surface area contributed by atoms with Crippen LogP contribution in [0.2, 0.25) is 0 Å². The van der Waals surface area contributed by atoms with Gasteiger partial charge in [0.2, 0.25) is 5.91 Å². The Labute approximate surface area is 104 Å². The Hall–Kier alpha value is -1.73. The lowest BCUT2D eigenvalue weighted by atomic mass is 9.94. The first kappa shape index (κ1) is 15.3. The second-order valence-corrected chi connectivity index (χ2v) is 3.76. The summed E-state index contributed by atoms with van der Waals surface area (Å²) in [6.07, 6.45) is -10.2. The van der Waals surface area contributed by atoms with Gasteiger partial charge in [0.15, 0.2) is 0 Å². The first-order valence-electron chi connectivity index (χ1n) is 5.09. The van der Waals surface area contributed by atoms with Crippen molar-refractivity contribution in [3.05, 3.63) is 34.4 Å². The molecule has 0 radical (unpaired) electrons. The molecule has 0 atom stereocenters. The van der Waals surface area contributed by atoms with Crippen molar-refractivity contribution in [1.29, 1.82) is 0 Å². The van der Waals surface area contributed by atoms with Crippen LogP contribution in [0.3, 0.4) is 0 Å². The SMILES string of the molecule is CCc1c(C(N)=O)cc(C(F)(F)F)cc1C(F)(F)F. The standard InChI is InChI=1S/C11H9F6NO/c1-2-6-7(9(18)19)3-5(10(12,13)14)4-8(6)11(15,16)17/h3-4H,2H2,1H3,(H2,18,19). The van der Waals surface area contributed by atoms with Crippen molar-refractivity contribution in [1.82, 2.24) is 0 Å². The lowest BCUT2D eigenvalue weighted by Crippen LogP contribution is -2.21. The van der Waals surface area contributed by atoms with Crippen LogP contribution < -0.4 is 5.73 Å². The molecule has 0 aliphatic carbocycles. The van der Waals surface area contributed by atoms with E-state index < -0.39 is 40.5 Å². The van der Waals surface area contributed by atoms with Crippen molar-refractivity contribution in [3.63, 3.8) is 0 Å². The Morgan fingerprint density at radius 2 is 1.63 bits per heavy atom. The third-order valence-electron chi connectivity index (χ3n) is 2.50. The summed E-state index contributed by atoms with van der Waals surface area (Å²) in [4.78, 5) is 11.0. The average Bonchev–Trinajstić information content (AvgIpc) is 2.24. The van der Waals surface area contributed by atoms with E-state index in [1.54, 1.807) is 0 Å². The fourth-order valence-corrected chi connectivity index (χ4v) is 1.69. The third kappa shape index (κ3) is 3.18. The van der Waals surface area contributed by atoms with Gasteiger partial charge >= 0.3 is 12.4 Å². The fourth-order valence-electron chi connectivity index (χ4n) is 1.69. The zero-order chi connectivity index (χ0) is 15.0. The highest BCUT2D eigenvalue weighted by atomic mass is 19.4. The van der Waals surface area contributed by atoms with E-state index in [0.717, 1.165) is 0 Å². The van der Waals surface area contributed by atoms with Gasteiger partial charge in [-0.25, -0.2) is 0 Å². The third-order valence-corrected chi connectivity index (χ3v) is 2.50. The van der Waals surface area contributed by atoms with Crippen molar-refractivity contribution in [2.24, 2.45) is 5.73 Å². The number of carbonyl (C=O) groups excluding carboxylic acids is 1. The Balaban J connectivity index is 3.70. The summed E-state index contributed by atoms with van der Waals surface area (Å²) in [5.74, 6) is -1.33. The van der Waals surface area contributed by atoms with E-state index in [2.05, 4.69) is 0 Å². The molecule has 0 fully saturated rings. The Kier molecular flexibility index (Phi) is 3.83. The van der Waals surface area contributed by atoms with Crippen LogP contribution in [0.5, 0.6) is 0 Å². The van der Waals surface area contributed by atoms with E-state index in [4.69, 9.17) is 5.73 Å². The minimum absolute atomic E-state index is 0.00866. The average molecular weight is 285 g/mol. The summed E-state index contributed by atoms with van der Waals surface area (Å²) in [7, 11) is 0. The minimum Gasteiger partial charge on any atom is -0.366 e. The lowest BCUT2D eigenvalue weighted by Gasteiger charge is -2.17. The molecule has 0 spiro atoms. The van der Waals surface area contributed by atoms with Gasteiger partial charge in [-0.1, -0.05) is 6.92 Å². The van der Waals surface area contributed by atoms with Crippen LogP contribution in [0.4, 0.5) is 26.3 Å². The molecule has 0 aliphatic rings. The number of nitrogens with two attached hydrogens (primary N) is 1. The number of alkyl halides is 6. The molecule has 0 unspecified atom stereocenters. The summed E-state index contributed by atoms with van der Waals surface area (Å²) in [5.41, 5.74) is 0.509. The van der Waals surface area contributed by atoms with Crippen LogP contribution in [-0.4, -0.2) is 5.91 Å². The smallest absolute Gasteiger partial charge is 0.366 e. The molecule has 1 rings (SSSR count). The summed E-state index contributed by atoms with van der Waals surface area (Å²) < 4.78 is 75.7. The normalized spacial score (nSPS) is 12.6. The summed E-state index contributed by atoms with van der Waals surface area (Å²) in [6.45, 7) is 1.30. The largest absolute Gasteiger partial charge is 0.416 e. The predicted octanol–water partition coefficient (Wildman–Crippen LogP) is 3.39. The van der Waals surface area contributed by atoms with Gasteiger partial charge in [0.05, 0.1) is 11.1 Å². The zero-order valence-corrected chi connectivity index (χ0v) is 9.62. The topological polar surface area (TPSA) is 43.1 Å². The first-order valence-corrected chi connectivity index (χ1v) is 5.09. The summed E-state index contributed by atoms with van der Waals surface area (Å²) in [6, 6.07) is 0.335. The number of halogens is 6. The molecule has 106 valence electrons. The molecule has 0 saturated heterocycles. The molecular weight excluding hydrogens is 276 g/mol. The Morgan fingerprint density at radius 1 is 1.11 bits per heavy atom. The minimum atomic E-state index is -4.99. The summed E-state index contributed by atoms with van der Waals surface area (Å²) >= 11 is 0. The fraction of sp³-hybridized carbons (Fsp3) is 0.364. The first-order chi connectivity index (χ1) is 8.48. The van der Waals surface area contributed by atoms with Gasteiger partial charge in [-0.05, 0) is 24.1 Å². The van der Waals surface area contributed by atoms with E-state index in [9.17, 15) is 31.1 Å². The number of benzene rings is 1. The van der Waals surface area contributed by atoms with Crippen molar-refractivity contribution >= 4 is 5.91 Å². The van der Waals surface area contributed by atoms with Crippen molar-refractivity contribution in [2.45, 2.75) is 25.7 Å². The zero-order valence-electron chi connectivity index (χ0n) is 9.62. The van der Waals surface area contributed by atoms with Gasteiger partial charge < -0.3 is 5.73 Å². The molecule has 8 heteroatoms. The maximum Gasteiger partial charge on any atom is 0.416 e. The van der Waals surface area contributed by atoms with Crippen LogP contribution in [0.1, 0.15) is 34.0 Å². The van der Waals surface area contributed by atoms with Crippen LogP contribution in [0.15, 0.2) is 12.1 Å². The van der Waals surface area contributed by atoms with Crippen LogP contribution in [-0.2, 0) is 18.8 Å². The molecule has 0 aromatic heterocycles. The summed E-state index contributed by atoms with van der Waals surface area (Å²) in [5, 5.41) is 0. The van der Waals surface area contributed by atoms with Gasteiger partial charge in [0.25, 0.3) is 0 Å². The molecule has 1 aromatic rings. The van der Waals surface area contributed by atoms with E-state index in [-0.39, 0.29) is 12.5 Å². The second kappa shape index (κ2) is 4.75. The van der Waals surface area contributed by atoms with Crippen molar-refractivity contribution < 1.29 is 31.1 Å². The van der Waals surface area contributed by atoms with E-state index in [0.29, 0.717) is 6.07 Å². The van der Waals surface area contributed by atoms with Gasteiger partial charge in [0.1, 0.15) is 0 Å². The molecule has 1 amide bonds. The van der Waals surface area contributed by atoms with Crippen LogP contribution in [0, 0.1) is 0 Å². The molecule has 2 N–H and O–H groups in total. The lowest BCUT2D eigenvalue weighted by molar-refractivity contribution is -0.143. The maximum atomic E-state index is 12.7. The molecule has 0 aliphatic heterocycles. The van der Waals surface area contributed by atoms with E-state index >= 15 is 0 Å². The maximum absolute atomic E-state index is 12.7. The highest BCUT2D eigenvalue weighted by molar-refractivity contribution is 5.95. The van der Waals surface area contributed by atoms with E-state index in [1.807, 2.05) is 0 Å². The molecule has 0 heterocycles. The van der Waals surface area contributed by atoms with Crippen LogP contribution >= 0.6 is 0 Å². The molecule has 1 aromatic carbocycles. The number of primary amides is 1. The van der Waals surface area contributed by atoms with Crippen molar-refractivity contribution in [2.75, 3.05) is 0 Å². The number of hydrogen-bond acceptors (Lipinski definition) is 1. The van der Waals surface area contributed by atoms with Crippen LogP contribution in [0.25, 0.3) is 0 Å². The van der Waals surface area contributed by atoms with Crippen molar-refractivity contribution in [3.8, 4) is 0 Å². The van der Waals surface area contributed by atoms with Gasteiger partial charge in [-0.3, -0.25) is 4.79 Å². The van der Waals surface area contributed by atoms with E-state index in [1.165, 1.54) is 6.92 Å². The molecule has 0 saturated carbocycles.